The summed E-state index contributed by atoms with van der Waals surface area (Å²) in [5.74, 6) is 0. The topological polar surface area (TPSA) is 57.0 Å². The van der Waals surface area contributed by atoms with Crippen LogP contribution in [0.5, 0.6) is 0 Å². The van der Waals surface area contributed by atoms with Crippen molar-refractivity contribution in [2.45, 2.75) is 26.4 Å². The van der Waals surface area contributed by atoms with Crippen molar-refractivity contribution in [2.75, 3.05) is 5.73 Å². The molecule has 1 heterocycles. The van der Waals surface area contributed by atoms with Crippen molar-refractivity contribution in [1.82, 2.24) is 4.57 Å². The molecular formula is C12H17N3. The number of aromatic nitrogens is 1. The molecule has 0 aliphatic heterocycles. The minimum atomic E-state index is 0.421. The zero-order valence-electron chi connectivity index (χ0n) is 9.20. The average molecular weight is 203 g/mol. The Morgan fingerprint density at radius 3 is 2.60 bits per heavy atom. The van der Waals surface area contributed by atoms with Crippen LogP contribution in [0.3, 0.4) is 0 Å². The number of fused-ring (bicyclic) bond motifs is 1. The summed E-state index contributed by atoms with van der Waals surface area (Å²) in [5.41, 5.74) is 14.7. The Hall–Kier alpha value is -1.48. The molecule has 2 aromatic rings. The number of nitrogens with two attached hydrogens (primary N) is 2. The fraction of sp³-hybridized carbons (Fsp3) is 0.333. The number of nitrogens with zero attached hydrogens (tertiary/aromatic N) is 1. The van der Waals surface area contributed by atoms with Gasteiger partial charge in [-0.15, -0.1) is 0 Å². The minimum Gasteiger partial charge on any atom is -0.399 e. The Labute approximate surface area is 89.7 Å². The van der Waals surface area contributed by atoms with Gasteiger partial charge in [-0.2, -0.15) is 0 Å². The molecule has 0 atom stereocenters. The quantitative estimate of drug-likeness (QED) is 0.735. The number of benzene rings is 1. The summed E-state index contributed by atoms with van der Waals surface area (Å²) < 4.78 is 2.26. The van der Waals surface area contributed by atoms with Crippen molar-refractivity contribution in [3.05, 3.63) is 30.0 Å². The third kappa shape index (κ3) is 1.59. The number of anilines is 1. The highest BCUT2D eigenvalue weighted by Crippen LogP contribution is 2.25. The molecule has 0 bridgehead atoms. The number of hydrogen-bond acceptors (Lipinski definition) is 2. The molecule has 80 valence electrons. The molecule has 0 saturated carbocycles. The van der Waals surface area contributed by atoms with E-state index in [2.05, 4.69) is 30.5 Å². The lowest BCUT2D eigenvalue weighted by Gasteiger charge is -2.13. The highest BCUT2D eigenvalue weighted by Gasteiger charge is 2.09. The van der Waals surface area contributed by atoms with Crippen LogP contribution in [0, 0.1) is 0 Å². The largest absolute Gasteiger partial charge is 0.399 e. The van der Waals surface area contributed by atoms with Crippen molar-refractivity contribution >= 4 is 16.6 Å². The Morgan fingerprint density at radius 2 is 2.00 bits per heavy atom. The van der Waals surface area contributed by atoms with Gasteiger partial charge in [-0.3, -0.25) is 0 Å². The van der Waals surface area contributed by atoms with Gasteiger partial charge in [0.05, 0.1) is 0 Å². The molecule has 0 spiro atoms. The first kappa shape index (κ1) is 10.1. The molecule has 0 amide bonds. The summed E-state index contributed by atoms with van der Waals surface area (Å²) in [6.07, 6.45) is 0. The van der Waals surface area contributed by atoms with E-state index in [1.54, 1.807) is 0 Å². The summed E-state index contributed by atoms with van der Waals surface area (Å²) >= 11 is 0. The Balaban J connectivity index is 2.74. The van der Waals surface area contributed by atoms with Gasteiger partial charge in [0, 0.05) is 34.9 Å². The van der Waals surface area contributed by atoms with E-state index in [9.17, 15) is 0 Å². The molecule has 0 aliphatic rings. The fourth-order valence-corrected chi connectivity index (χ4v) is 2.08. The Bertz CT molecular complexity index is 483. The normalized spacial score (nSPS) is 11.5. The average Bonchev–Trinajstić information content (AvgIpc) is 2.54. The predicted octanol–water partition coefficient (Wildman–Crippen LogP) is 2.26. The van der Waals surface area contributed by atoms with Gasteiger partial charge in [-0.25, -0.2) is 0 Å². The van der Waals surface area contributed by atoms with Crippen LogP contribution in [0.1, 0.15) is 25.6 Å². The van der Waals surface area contributed by atoms with E-state index < -0.39 is 0 Å². The highest BCUT2D eigenvalue weighted by molar-refractivity contribution is 5.84. The van der Waals surface area contributed by atoms with Crippen molar-refractivity contribution in [3.63, 3.8) is 0 Å². The molecule has 0 radical (unpaired) electrons. The molecule has 0 aliphatic carbocycles. The van der Waals surface area contributed by atoms with Crippen LogP contribution < -0.4 is 11.5 Å². The zero-order chi connectivity index (χ0) is 11.0. The summed E-state index contributed by atoms with van der Waals surface area (Å²) in [7, 11) is 0. The lowest BCUT2D eigenvalue weighted by atomic mass is 10.2. The van der Waals surface area contributed by atoms with E-state index >= 15 is 0 Å². The lowest BCUT2D eigenvalue weighted by Crippen LogP contribution is -2.08. The van der Waals surface area contributed by atoms with Crippen LogP contribution in [-0.4, -0.2) is 4.57 Å². The summed E-state index contributed by atoms with van der Waals surface area (Å²) in [6.45, 7) is 4.89. The summed E-state index contributed by atoms with van der Waals surface area (Å²) in [5, 5.41) is 1.17. The van der Waals surface area contributed by atoms with E-state index in [0.29, 0.717) is 12.6 Å². The van der Waals surface area contributed by atoms with Crippen molar-refractivity contribution in [2.24, 2.45) is 5.73 Å². The van der Waals surface area contributed by atoms with Gasteiger partial charge in [-0.1, -0.05) is 0 Å². The Morgan fingerprint density at radius 1 is 1.27 bits per heavy atom. The van der Waals surface area contributed by atoms with Crippen LogP contribution in [0.4, 0.5) is 5.69 Å². The number of hydrogen-bond donors (Lipinski definition) is 2. The van der Waals surface area contributed by atoms with Gasteiger partial charge in [-0.05, 0) is 38.1 Å². The molecule has 0 fully saturated rings. The second-order valence-electron chi connectivity index (χ2n) is 4.12. The first-order chi connectivity index (χ1) is 7.13. The molecule has 1 aromatic carbocycles. The molecule has 3 heteroatoms. The fourth-order valence-electron chi connectivity index (χ4n) is 2.08. The van der Waals surface area contributed by atoms with Crippen LogP contribution in [0.2, 0.25) is 0 Å². The predicted molar refractivity (Wildman–Crippen MR) is 64.6 cm³/mol. The summed E-state index contributed by atoms with van der Waals surface area (Å²) in [4.78, 5) is 0. The van der Waals surface area contributed by atoms with Crippen LogP contribution >= 0.6 is 0 Å². The molecule has 2 rings (SSSR count). The molecule has 0 unspecified atom stereocenters. The second kappa shape index (κ2) is 3.59. The van der Waals surface area contributed by atoms with E-state index in [0.717, 1.165) is 11.4 Å². The molecular weight excluding hydrogens is 186 g/mol. The van der Waals surface area contributed by atoms with Gasteiger partial charge in [0.2, 0.25) is 0 Å². The molecule has 15 heavy (non-hydrogen) atoms. The van der Waals surface area contributed by atoms with Crippen molar-refractivity contribution in [3.8, 4) is 0 Å². The third-order valence-corrected chi connectivity index (χ3v) is 2.67. The van der Waals surface area contributed by atoms with Crippen molar-refractivity contribution in [1.29, 1.82) is 0 Å². The van der Waals surface area contributed by atoms with Crippen LogP contribution in [0.25, 0.3) is 10.9 Å². The monoisotopic (exact) mass is 203 g/mol. The van der Waals surface area contributed by atoms with E-state index in [4.69, 9.17) is 11.5 Å². The smallest absolute Gasteiger partial charge is 0.0486 e. The second-order valence-corrected chi connectivity index (χ2v) is 4.12. The number of nitrogen functional groups attached to an aromatic ring is 1. The van der Waals surface area contributed by atoms with Gasteiger partial charge in [0.15, 0.2) is 0 Å². The van der Waals surface area contributed by atoms with E-state index in [1.165, 1.54) is 10.9 Å². The highest BCUT2D eigenvalue weighted by atomic mass is 15.0. The SMILES string of the molecule is CC(C)n1c(CN)cc2cc(N)ccc21. The summed E-state index contributed by atoms with van der Waals surface area (Å²) in [6, 6.07) is 8.52. The van der Waals surface area contributed by atoms with Crippen LogP contribution in [0.15, 0.2) is 24.3 Å². The molecule has 0 saturated heterocycles. The molecule has 1 aromatic heterocycles. The zero-order valence-corrected chi connectivity index (χ0v) is 9.20. The van der Waals surface area contributed by atoms with Gasteiger partial charge in [0.1, 0.15) is 0 Å². The maximum absolute atomic E-state index is 5.76. The standard InChI is InChI=1S/C12H17N3/c1-8(2)15-11(7-13)6-9-5-10(14)3-4-12(9)15/h3-6,8H,7,13-14H2,1-2H3. The number of rotatable bonds is 2. The molecule has 3 nitrogen and oxygen atoms in total. The van der Waals surface area contributed by atoms with E-state index in [-0.39, 0.29) is 0 Å². The lowest BCUT2D eigenvalue weighted by molar-refractivity contribution is 0.595. The first-order valence-corrected chi connectivity index (χ1v) is 5.23. The maximum atomic E-state index is 5.76. The third-order valence-electron chi connectivity index (χ3n) is 2.67. The minimum absolute atomic E-state index is 0.421. The van der Waals surface area contributed by atoms with Gasteiger partial charge < -0.3 is 16.0 Å². The van der Waals surface area contributed by atoms with Crippen molar-refractivity contribution < 1.29 is 0 Å². The molecule has 4 N–H and O–H groups in total. The maximum Gasteiger partial charge on any atom is 0.0486 e. The van der Waals surface area contributed by atoms with Crippen LogP contribution in [-0.2, 0) is 6.54 Å². The van der Waals surface area contributed by atoms with E-state index in [1.807, 2.05) is 12.1 Å². The Kier molecular flexibility index (Phi) is 2.40. The first-order valence-electron chi connectivity index (χ1n) is 5.23. The van der Waals surface area contributed by atoms with Gasteiger partial charge in [0.25, 0.3) is 0 Å². The van der Waals surface area contributed by atoms with Gasteiger partial charge >= 0.3 is 0 Å².